The molecule has 96 valence electrons. The maximum Gasteiger partial charge on any atom is 0.112 e. The summed E-state index contributed by atoms with van der Waals surface area (Å²) < 4.78 is 1.82. The Bertz CT molecular complexity index is 552. The molecular weight excluding hydrogens is 226 g/mol. The van der Waals surface area contributed by atoms with E-state index in [1.165, 1.54) is 5.56 Å². The van der Waals surface area contributed by atoms with Gasteiger partial charge in [-0.15, -0.1) is 5.10 Å². The van der Waals surface area contributed by atoms with Crippen LogP contribution in [0.5, 0.6) is 0 Å². The van der Waals surface area contributed by atoms with Crippen LogP contribution in [0.2, 0.25) is 0 Å². The van der Waals surface area contributed by atoms with E-state index in [9.17, 15) is 5.11 Å². The van der Waals surface area contributed by atoms with Gasteiger partial charge >= 0.3 is 0 Å². The Balaban J connectivity index is 2.62. The van der Waals surface area contributed by atoms with Gasteiger partial charge in [-0.1, -0.05) is 38.1 Å². The van der Waals surface area contributed by atoms with Crippen molar-refractivity contribution in [2.24, 2.45) is 0 Å². The average Bonchev–Trinajstić information content (AvgIpc) is 2.72. The van der Waals surface area contributed by atoms with E-state index >= 15 is 0 Å². The summed E-state index contributed by atoms with van der Waals surface area (Å²) in [4.78, 5) is 0. The normalized spacial score (nSPS) is 11.8. The lowest BCUT2D eigenvalue weighted by Crippen LogP contribution is -2.19. The molecule has 2 aromatic rings. The molecule has 2 rings (SSSR count). The third-order valence-corrected chi connectivity index (χ3v) is 2.85. The van der Waals surface area contributed by atoms with E-state index < -0.39 is 0 Å². The fourth-order valence-corrected chi connectivity index (χ4v) is 2.11. The number of aromatic nitrogens is 3. The van der Waals surface area contributed by atoms with Crippen LogP contribution in [0.4, 0.5) is 0 Å². The van der Waals surface area contributed by atoms with Crippen molar-refractivity contribution < 1.29 is 5.11 Å². The second-order valence-corrected chi connectivity index (χ2v) is 5.54. The van der Waals surface area contributed by atoms with Crippen molar-refractivity contribution in [3.05, 3.63) is 41.2 Å². The van der Waals surface area contributed by atoms with E-state index in [1.807, 2.05) is 29.8 Å². The molecule has 1 heterocycles. The minimum Gasteiger partial charge on any atom is -0.390 e. The average molecular weight is 245 g/mol. The molecule has 0 aliphatic heterocycles. The van der Waals surface area contributed by atoms with Gasteiger partial charge in [-0.25, -0.2) is 4.68 Å². The van der Waals surface area contributed by atoms with Gasteiger partial charge < -0.3 is 5.11 Å². The molecule has 0 aliphatic carbocycles. The van der Waals surface area contributed by atoms with Crippen molar-refractivity contribution in [3.8, 4) is 5.69 Å². The molecule has 0 saturated carbocycles. The van der Waals surface area contributed by atoms with E-state index in [4.69, 9.17) is 0 Å². The number of rotatable bonds is 2. The summed E-state index contributed by atoms with van der Waals surface area (Å²) in [5.41, 5.74) is 3.63. The van der Waals surface area contributed by atoms with Gasteiger partial charge in [0.25, 0.3) is 0 Å². The zero-order valence-corrected chi connectivity index (χ0v) is 11.3. The summed E-state index contributed by atoms with van der Waals surface area (Å²) in [7, 11) is 0. The number of benzene rings is 1. The largest absolute Gasteiger partial charge is 0.390 e. The number of nitrogens with zero attached hydrogens (tertiary/aromatic N) is 3. The fraction of sp³-hybridized carbons (Fsp3) is 0.429. The lowest BCUT2D eigenvalue weighted by molar-refractivity contribution is 0.273. The molecular formula is C14H19N3O. The zero-order chi connectivity index (χ0) is 13.3. The number of hydrogen-bond donors (Lipinski definition) is 1. The van der Waals surface area contributed by atoms with Crippen LogP contribution in [0.25, 0.3) is 5.69 Å². The van der Waals surface area contributed by atoms with E-state index in [1.54, 1.807) is 0 Å². The molecule has 0 fully saturated rings. The molecule has 0 atom stereocenters. The molecule has 0 saturated heterocycles. The van der Waals surface area contributed by atoms with Crippen LogP contribution < -0.4 is 0 Å². The maximum absolute atomic E-state index is 9.38. The van der Waals surface area contributed by atoms with Crippen LogP contribution in [0.15, 0.2) is 24.3 Å². The number of aryl methyl sites for hydroxylation is 1. The van der Waals surface area contributed by atoms with Crippen molar-refractivity contribution in [1.29, 1.82) is 0 Å². The van der Waals surface area contributed by atoms with Crippen LogP contribution in [0, 0.1) is 6.92 Å². The first-order valence-electron chi connectivity index (χ1n) is 6.06. The first-order chi connectivity index (χ1) is 8.43. The second kappa shape index (κ2) is 4.53. The summed E-state index contributed by atoms with van der Waals surface area (Å²) in [6.07, 6.45) is 0. The Morgan fingerprint density at radius 2 is 2.00 bits per heavy atom. The molecule has 1 N–H and O–H groups in total. The second-order valence-electron chi connectivity index (χ2n) is 5.54. The highest BCUT2D eigenvalue weighted by molar-refractivity contribution is 5.38. The van der Waals surface area contributed by atoms with E-state index in [0.717, 1.165) is 11.4 Å². The van der Waals surface area contributed by atoms with Crippen LogP contribution >= 0.6 is 0 Å². The monoisotopic (exact) mass is 245 g/mol. The molecule has 4 heteroatoms. The van der Waals surface area contributed by atoms with Crippen LogP contribution in [0.1, 0.15) is 37.7 Å². The summed E-state index contributed by atoms with van der Waals surface area (Å²) >= 11 is 0. The lowest BCUT2D eigenvalue weighted by atomic mass is 9.90. The van der Waals surface area contributed by atoms with Gasteiger partial charge in [0.2, 0.25) is 0 Å². The fourth-order valence-electron chi connectivity index (χ4n) is 2.11. The number of hydrogen-bond acceptors (Lipinski definition) is 3. The van der Waals surface area contributed by atoms with E-state index in [2.05, 4.69) is 37.1 Å². The van der Waals surface area contributed by atoms with Gasteiger partial charge in [-0.05, 0) is 24.6 Å². The van der Waals surface area contributed by atoms with Gasteiger partial charge in [0, 0.05) is 5.41 Å². The molecule has 1 aromatic heterocycles. The molecule has 0 bridgehead atoms. The molecule has 4 nitrogen and oxygen atoms in total. The smallest absolute Gasteiger partial charge is 0.112 e. The highest BCUT2D eigenvalue weighted by Gasteiger charge is 2.25. The first kappa shape index (κ1) is 12.8. The van der Waals surface area contributed by atoms with Crippen LogP contribution in [-0.2, 0) is 12.0 Å². The Morgan fingerprint density at radius 1 is 1.28 bits per heavy atom. The van der Waals surface area contributed by atoms with Crippen molar-refractivity contribution in [2.75, 3.05) is 0 Å². The highest BCUT2D eigenvalue weighted by atomic mass is 16.3. The predicted octanol–water partition coefficient (Wildman–Crippen LogP) is 2.37. The topological polar surface area (TPSA) is 50.9 Å². The third-order valence-electron chi connectivity index (χ3n) is 2.85. The van der Waals surface area contributed by atoms with Crippen molar-refractivity contribution in [3.63, 3.8) is 0 Å². The zero-order valence-electron chi connectivity index (χ0n) is 11.3. The summed E-state index contributed by atoms with van der Waals surface area (Å²) in [5, 5.41) is 17.6. The number of aliphatic hydroxyl groups excluding tert-OH is 1. The van der Waals surface area contributed by atoms with Crippen molar-refractivity contribution in [2.45, 2.75) is 39.7 Å². The summed E-state index contributed by atoms with van der Waals surface area (Å²) in [6, 6.07) is 8.10. The standard InChI is InChI=1S/C14H19N3O/c1-10-6-5-7-11(8-10)17-13(14(2,3)4)12(9-18)15-16-17/h5-8,18H,9H2,1-4H3. The SMILES string of the molecule is Cc1cccc(-n2nnc(CO)c2C(C)(C)C)c1. The van der Waals surface area contributed by atoms with Gasteiger partial charge in [0.05, 0.1) is 18.0 Å². The van der Waals surface area contributed by atoms with Crippen LogP contribution in [0.3, 0.4) is 0 Å². The van der Waals surface area contributed by atoms with Gasteiger partial charge in [0.15, 0.2) is 0 Å². The van der Waals surface area contributed by atoms with Gasteiger partial charge in [-0.2, -0.15) is 0 Å². The Labute approximate surface area is 107 Å². The lowest BCUT2D eigenvalue weighted by Gasteiger charge is -2.21. The quantitative estimate of drug-likeness (QED) is 0.883. The molecule has 18 heavy (non-hydrogen) atoms. The maximum atomic E-state index is 9.38. The summed E-state index contributed by atoms with van der Waals surface area (Å²) in [6.45, 7) is 8.24. The van der Waals surface area contributed by atoms with Crippen molar-refractivity contribution >= 4 is 0 Å². The van der Waals surface area contributed by atoms with Crippen LogP contribution in [-0.4, -0.2) is 20.1 Å². The number of aliphatic hydroxyl groups is 1. The van der Waals surface area contributed by atoms with Gasteiger partial charge in [0.1, 0.15) is 5.69 Å². The first-order valence-corrected chi connectivity index (χ1v) is 6.06. The Morgan fingerprint density at radius 3 is 2.56 bits per heavy atom. The molecule has 0 amide bonds. The highest BCUT2D eigenvalue weighted by Crippen LogP contribution is 2.27. The molecule has 0 aliphatic rings. The third kappa shape index (κ3) is 2.29. The van der Waals surface area contributed by atoms with E-state index in [-0.39, 0.29) is 12.0 Å². The minimum atomic E-state index is -0.120. The molecule has 0 radical (unpaired) electrons. The molecule has 0 unspecified atom stereocenters. The summed E-state index contributed by atoms with van der Waals surface area (Å²) in [5.74, 6) is 0. The minimum absolute atomic E-state index is 0.0849. The Kier molecular flexibility index (Phi) is 3.22. The van der Waals surface area contributed by atoms with Gasteiger partial charge in [-0.3, -0.25) is 0 Å². The predicted molar refractivity (Wildman–Crippen MR) is 70.7 cm³/mol. The van der Waals surface area contributed by atoms with E-state index in [0.29, 0.717) is 5.69 Å². The molecule has 1 aromatic carbocycles. The Hall–Kier alpha value is -1.68. The molecule has 0 spiro atoms. The van der Waals surface area contributed by atoms with Crippen molar-refractivity contribution in [1.82, 2.24) is 15.0 Å².